The molecule has 0 aliphatic rings. The number of hydrogen-bond donors (Lipinski definition) is 4. The minimum Gasteiger partial charge on any atom is -0.394 e. The molecule has 0 aromatic heterocycles. The van der Waals surface area contributed by atoms with Gasteiger partial charge in [0, 0.05) is 12.8 Å². The Morgan fingerprint density at radius 1 is 0.545 bits per heavy atom. The Hall–Kier alpha value is -0.630. The van der Waals surface area contributed by atoms with Gasteiger partial charge in [0.15, 0.2) is 11.6 Å². The van der Waals surface area contributed by atoms with Crippen molar-refractivity contribution in [2.75, 3.05) is 6.61 Å². The van der Waals surface area contributed by atoms with E-state index >= 15 is 0 Å². The summed E-state index contributed by atoms with van der Waals surface area (Å²) in [5.41, 5.74) is -2.75. The van der Waals surface area contributed by atoms with E-state index in [1.807, 2.05) is 0 Å². The molecule has 0 aliphatic carbocycles. The van der Waals surface area contributed by atoms with Gasteiger partial charge < -0.3 is 20.0 Å². The number of aliphatic hydroxyl groups is 2. The smallest absolute Gasteiger partial charge is 0.394 e. The van der Waals surface area contributed by atoms with Gasteiger partial charge >= 0.3 is 7.82 Å². The fourth-order valence-electron chi connectivity index (χ4n) is 5.98. The van der Waals surface area contributed by atoms with Crippen LogP contribution in [-0.4, -0.2) is 49.9 Å². The molecule has 44 heavy (non-hydrogen) atoms. The van der Waals surface area contributed by atoms with Gasteiger partial charge in [-0.25, -0.2) is 4.57 Å². The molecule has 0 radical (unpaired) electrons. The van der Waals surface area contributed by atoms with Crippen LogP contribution in [0.25, 0.3) is 0 Å². The zero-order chi connectivity index (χ0) is 32.9. The third kappa shape index (κ3) is 22.0. The first-order chi connectivity index (χ1) is 21.2. The summed E-state index contributed by atoms with van der Waals surface area (Å²) in [5.74, 6) is -1.74. The van der Waals surface area contributed by atoms with Crippen LogP contribution >= 0.6 is 7.82 Å². The molecule has 0 bridgehead atoms. The normalized spacial score (nSPS) is 14.0. The molecule has 8 nitrogen and oxygen atoms in total. The third-order valence-corrected chi connectivity index (χ3v) is 9.27. The number of ketones is 2. The molecule has 2 unspecified atom stereocenters. The predicted octanol–water partition coefficient (Wildman–Crippen LogP) is 9.29. The molecule has 0 saturated heterocycles. The molecule has 0 amide bonds. The number of aliphatic hydroxyl groups excluding tert-OH is 2. The molecule has 0 saturated carbocycles. The van der Waals surface area contributed by atoms with E-state index in [9.17, 15) is 34.2 Å². The highest BCUT2D eigenvalue weighted by Crippen LogP contribution is 2.44. The fourth-order valence-corrected chi connectivity index (χ4v) is 6.68. The average Bonchev–Trinajstić information content (AvgIpc) is 2.99. The Labute approximate surface area is 269 Å². The lowest BCUT2D eigenvalue weighted by Gasteiger charge is -2.34. The van der Waals surface area contributed by atoms with Crippen molar-refractivity contribution < 1.29 is 38.7 Å². The Balaban J connectivity index is 4.51. The lowest BCUT2D eigenvalue weighted by atomic mass is 9.82. The van der Waals surface area contributed by atoms with E-state index in [1.165, 1.54) is 103 Å². The van der Waals surface area contributed by atoms with Crippen molar-refractivity contribution in [3.63, 3.8) is 0 Å². The lowest BCUT2D eigenvalue weighted by Crippen LogP contribution is -2.58. The summed E-state index contributed by atoms with van der Waals surface area (Å²) in [6.07, 6.45) is 26.7. The number of Topliss-reactive ketones (excluding diaryl/α,β-unsaturated/α-hetero) is 2. The first-order valence-electron chi connectivity index (χ1n) is 18.3. The molecule has 0 aromatic carbocycles. The summed E-state index contributed by atoms with van der Waals surface area (Å²) in [6, 6.07) is 0. The van der Waals surface area contributed by atoms with Crippen LogP contribution in [-0.2, 0) is 18.7 Å². The summed E-state index contributed by atoms with van der Waals surface area (Å²) < 4.78 is 16.6. The van der Waals surface area contributed by atoms with Crippen molar-refractivity contribution in [2.45, 2.75) is 205 Å². The van der Waals surface area contributed by atoms with Crippen LogP contribution in [0.5, 0.6) is 0 Å². The lowest BCUT2D eigenvalue weighted by molar-refractivity contribution is -0.164. The molecule has 0 spiro atoms. The van der Waals surface area contributed by atoms with Gasteiger partial charge in [-0.2, -0.15) is 0 Å². The molecule has 2 atom stereocenters. The van der Waals surface area contributed by atoms with Crippen molar-refractivity contribution in [3.05, 3.63) is 0 Å². The standard InChI is InChI=1S/C35H69O8P/c1-3-5-7-9-11-13-15-16-17-18-20-22-24-26-28-30-33(38)35(34(39)31-36,43-44(40,41)42)32(37)29-27-25-23-21-19-14-12-10-8-6-4-2/h34,36,39H,3-31H2,1-2H3,(H2,40,41,42). The number of carbonyl (C=O) groups is 2. The van der Waals surface area contributed by atoms with Crippen molar-refractivity contribution in [2.24, 2.45) is 0 Å². The van der Waals surface area contributed by atoms with E-state index in [0.717, 1.165) is 51.4 Å². The van der Waals surface area contributed by atoms with E-state index in [1.54, 1.807) is 0 Å². The van der Waals surface area contributed by atoms with E-state index in [-0.39, 0.29) is 12.8 Å². The van der Waals surface area contributed by atoms with Gasteiger partial charge in [-0.3, -0.25) is 14.1 Å². The summed E-state index contributed by atoms with van der Waals surface area (Å²) in [5, 5.41) is 20.2. The molecular weight excluding hydrogens is 579 g/mol. The van der Waals surface area contributed by atoms with E-state index in [2.05, 4.69) is 13.8 Å². The molecule has 0 heterocycles. The summed E-state index contributed by atoms with van der Waals surface area (Å²) in [6.45, 7) is 3.42. The number of phosphoric ester groups is 1. The highest BCUT2D eigenvalue weighted by molar-refractivity contribution is 7.46. The summed E-state index contributed by atoms with van der Waals surface area (Å²) in [4.78, 5) is 45.6. The zero-order valence-corrected chi connectivity index (χ0v) is 29.3. The second kappa shape index (κ2) is 28.6. The van der Waals surface area contributed by atoms with Crippen molar-refractivity contribution in [1.82, 2.24) is 0 Å². The van der Waals surface area contributed by atoms with Crippen LogP contribution in [0.15, 0.2) is 0 Å². The zero-order valence-electron chi connectivity index (χ0n) is 28.5. The second-order valence-electron chi connectivity index (χ2n) is 12.8. The average molecular weight is 649 g/mol. The molecule has 4 N–H and O–H groups in total. The SMILES string of the molecule is CCCCCCCCCCCCCCCCCC(=O)C(OP(=O)(O)O)(C(=O)CCCCCCCCCCCCC)C(O)CO. The number of unbranched alkanes of at least 4 members (excludes halogenated alkanes) is 24. The maximum absolute atomic E-state index is 13.3. The highest BCUT2D eigenvalue weighted by Gasteiger charge is 2.55. The Morgan fingerprint density at radius 3 is 1.02 bits per heavy atom. The molecule has 262 valence electrons. The maximum Gasteiger partial charge on any atom is 0.471 e. The second-order valence-corrected chi connectivity index (χ2v) is 14.0. The van der Waals surface area contributed by atoms with Crippen LogP contribution in [0.1, 0.15) is 194 Å². The number of hydrogen-bond acceptors (Lipinski definition) is 6. The van der Waals surface area contributed by atoms with Crippen molar-refractivity contribution in [1.29, 1.82) is 0 Å². The van der Waals surface area contributed by atoms with E-state index in [0.29, 0.717) is 12.8 Å². The van der Waals surface area contributed by atoms with Crippen LogP contribution in [0.2, 0.25) is 0 Å². The van der Waals surface area contributed by atoms with E-state index in [4.69, 9.17) is 4.52 Å². The van der Waals surface area contributed by atoms with Crippen LogP contribution in [0, 0.1) is 0 Å². The van der Waals surface area contributed by atoms with Gasteiger partial charge in [0.1, 0.15) is 6.10 Å². The van der Waals surface area contributed by atoms with Gasteiger partial charge in [-0.15, -0.1) is 0 Å². The van der Waals surface area contributed by atoms with Crippen molar-refractivity contribution in [3.8, 4) is 0 Å². The monoisotopic (exact) mass is 648 g/mol. The summed E-state index contributed by atoms with van der Waals surface area (Å²) >= 11 is 0. The van der Waals surface area contributed by atoms with Gasteiger partial charge in [-0.1, -0.05) is 168 Å². The van der Waals surface area contributed by atoms with Gasteiger partial charge in [0.25, 0.3) is 0 Å². The van der Waals surface area contributed by atoms with Gasteiger partial charge in [-0.05, 0) is 12.8 Å². The number of carbonyl (C=O) groups excluding carboxylic acids is 2. The quantitative estimate of drug-likeness (QED) is 0.0307. The molecule has 0 rings (SSSR count). The van der Waals surface area contributed by atoms with Gasteiger partial charge in [0.2, 0.25) is 5.60 Å². The highest BCUT2D eigenvalue weighted by atomic mass is 31.2. The van der Waals surface area contributed by atoms with Crippen LogP contribution < -0.4 is 0 Å². The minimum atomic E-state index is -5.32. The topological polar surface area (TPSA) is 141 Å². The Morgan fingerprint density at radius 2 is 0.795 bits per heavy atom. The summed E-state index contributed by atoms with van der Waals surface area (Å²) in [7, 11) is -5.32. The molecule has 0 aromatic rings. The van der Waals surface area contributed by atoms with Crippen molar-refractivity contribution >= 4 is 19.4 Å². The van der Waals surface area contributed by atoms with Crippen LogP contribution in [0.4, 0.5) is 0 Å². The third-order valence-electron chi connectivity index (χ3n) is 8.75. The Kier molecular flexibility index (Phi) is 28.2. The minimum absolute atomic E-state index is 0.153. The largest absolute Gasteiger partial charge is 0.471 e. The van der Waals surface area contributed by atoms with E-state index < -0.39 is 37.7 Å². The molecule has 0 fully saturated rings. The molecule has 9 heteroatoms. The number of rotatable bonds is 34. The molecular formula is C35H69O8P. The van der Waals surface area contributed by atoms with Gasteiger partial charge in [0.05, 0.1) is 6.61 Å². The van der Waals surface area contributed by atoms with Crippen LogP contribution in [0.3, 0.4) is 0 Å². The molecule has 0 aliphatic heterocycles. The first-order valence-corrected chi connectivity index (χ1v) is 19.8. The fraction of sp³-hybridized carbons (Fsp3) is 0.943. The Bertz CT molecular complexity index is 740. The first kappa shape index (κ1) is 43.4. The maximum atomic E-state index is 13.3. The predicted molar refractivity (Wildman–Crippen MR) is 180 cm³/mol. The number of phosphoric acid groups is 1.